The Hall–Kier alpha value is -3.54. The average Bonchev–Trinajstić information content (AvgIpc) is 3.07. The van der Waals surface area contributed by atoms with Crippen molar-refractivity contribution in [1.29, 1.82) is 0 Å². The molecule has 0 spiro atoms. The van der Waals surface area contributed by atoms with E-state index in [9.17, 15) is 14.7 Å². The predicted molar refractivity (Wildman–Crippen MR) is 129 cm³/mol. The van der Waals surface area contributed by atoms with Crippen molar-refractivity contribution >= 4 is 17.4 Å². The van der Waals surface area contributed by atoms with Crippen molar-refractivity contribution < 1.29 is 24.2 Å². The number of ether oxygens (including phenoxy) is 2. The molecular formula is C27H31NO5. The molecule has 1 saturated heterocycles. The van der Waals surface area contributed by atoms with Gasteiger partial charge in [-0.25, -0.2) is 0 Å². The van der Waals surface area contributed by atoms with E-state index < -0.39 is 17.7 Å². The largest absolute Gasteiger partial charge is 0.507 e. The van der Waals surface area contributed by atoms with Crippen LogP contribution in [-0.2, 0) is 9.59 Å². The minimum atomic E-state index is -0.703. The Bertz CT molecular complexity index is 1100. The lowest BCUT2D eigenvalue weighted by atomic mass is 9.93. The normalized spacial score (nSPS) is 17.3. The van der Waals surface area contributed by atoms with Crippen LogP contribution in [0.2, 0.25) is 0 Å². The SMILES string of the molecule is C=CCOc1cccc(C2/C(=C(\O)c3cc(C)c(OC)cc3C)C(=O)C(=O)N2CCCC)c1. The second kappa shape index (κ2) is 10.4. The highest BCUT2D eigenvalue weighted by atomic mass is 16.5. The quantitative estimate of drug-likeness (QED) is 0.250. The van der Waals surface area contributed by atoms with Crippen LogP contribution in [0.25, 0.3) is 5.76 Å². The first-order valence-corrected chi connectivity index (χ1v) is 11.1. The molecule has 3 rings (SSSR count). The molecule has 0 aliphatic carbocycles. The van der Waals surface area contributed by atoms with Gasteiger partial charge in [0.2, 0.25) is 0 Å². The van der Waals surface area contributed by atoms with Crippen molar-refractivity contribution in [2.24, 2.45) is 0 Å². The van der Waals surface area contributed by atoms with Gasteiger partial charge in [0.15, 0.2) is 0 Å². The van der Waals surface area contributed by atoms with E-state index in [0.29, 0.717) is 35.8 Å². The summed E-state index contributed by atoms with van der Waals surface area (Å²) in [5.41, 5.74) is 2.87. The number of unbranched alkanes of at least 4 members (excludes halogenated alkanes) is 1. The number of carbonyl (C=O) groups is 2. The molecule has 2 aromatic carbocycles. The predicted octanol–water partition coefficient (Wildman–Crippen LogP) is 5.10. The third kappa shape index (κ3) is 4.80. The highest BCUT2D eigenvalue weighted by Gasteiger charge is 2.46. The summed E-state index contributed by atoms with van der Waals surface area (Å²) in [5.74, 6) is -0.173. The molecule has 1 aliphatic rings. The molecule has 2 aromatic rings. The molecule has 1 N–H and O–H groups in total. The number of likely N-dealkylation sites (tertiary alicyclic amines) is 1. The first-order chi connectivity index (χ1) is 15.8. The molecule has 0 saturated carbocycles. The summed E-state index contributed by atoms with van der Waals surface area (Å²) in [6.45, 7) is 10.2. The van der Waals surface area contributed by atoms with Gasteiger partial charge in [-0.2, -0.15) is 0 Å². The minimum absolute atomic E-state index is 0.0876. The number of carbonyl (C=O) groups excluding carboxylic acids is 2. The number of rotatable bonds is 9. The number of aryl methyl sites for hydroxylation is 2. The Morgan fingerprint density at radius 1 is 1.18 bits per heavy atom. The van der Waals surface area contributed by atoms with Gasteiger partial charge in [-0.3, -0.25) is 9.59 Å². The number of methoxy groups -OCH3 is 1. The second-order valence-corrected chi connectivity index (χ2v) is 8.15. The van der Waals surface area contributed by atoms with Crippen molar-refractivity contribution in [3.8, 4) is 11.5 Å². The van der Waals surface area contributed by atoms with Crippen LogP contribution in [0.5, 0.6) is 11.5 Å². The van der Waals surface area contributed by atoms with E-state index in [-0.39, 0.29) is 11.3 Å². The van der Waals surface area contributed by atoms with Gasteiger partial charge in [-0.15, -0.1) is 0 Å². The summed E-state index contributed by atoms with van der Waals surface area (Å²) < 4.78 is 11.0. The fourth-order valence-electron chi connectivity index (χ4n) is 4.13. The molecule has 1 heterocycles. The first kappa shape index (κ1) is 24.1. The Morgan fingerprint density at radius 2 is 1.94 bits per heavy atom. The van der Waals surface area contributed by atoms with Crippen molar-refractivity contribution in [3.05, 3.63) is 76.9 Å². The molecule has 33 heavy (non-hydrogen) atoms. The summed E-state index contributed by atoms with van der Waals surface area (Å²) in [6, 6.07) is 10.2. The maximum absolute atomic E-state index is 13.2. The van der Waals surface area contributed by atoms with Gasteiger partial charge in [0.25, 0.3) is 11.7 Å². The molecule has 1 fully saturated rings. The number of amides is 1. The zero-order valence-electron chi connectivity index (χ0n) is 19.7. The summed E-state index contributed by atoms with van der Waals surface area (Å²) in [6.07, 6.45) is 3.26. The number of aliphatic hydroxyl groups is 1. The summed E-state index contributed by atoms with van der Waals surface area (Å²) in [4.78, 5) is 27.7. The summed E-state index contributed by atoms with van der Waals surface area (Å²) in [5, 5.41) is 11.4. The minimum Gasteiger partial charge on any atom is -0.507 e. The van der Waals surface area contributed by atoms with E-state index in [0.717, 1.165) is 24.0 Å². The van der Waals surface area contributed by atoms with Gasteiger partial charge in [0, 0.05) is 12.1 Å². The molecule has 6 nitrogen and oxygen atoms in total. The van der Waals surface area contributed by atoms with Gasteiger partial charge in [-0.1, -0.05) is 38.1 Å². The summed E-state index contributed by atoms with van der Waals surface area (Å²) in [7, 11) is 1.59. The van der Waals surface area contributed by atoms with E-state index in [4.69, 9.17) is 9.47 Å². The Morgan fingerprint density at radius 3 is 2.61 bits per heavy atom. The molecular weight excluding hydrogens is 418 g/mol. The number of hydrogen-bond donors (Lipinski definition) is 1. The third-order valence-corrected chi connectivity index (χ3v) is 5.83. The van der Waals surface area contributed by atoms with Crippen LogP contribution in [0.15, 0.2) is 54.6 Å². The Kier molecular flexibility index (Phi) is 7.59. The van der Waals surface area contributed by atoms with Crippen LogP contribution in [0.4, 0.5) is 0 Å². The van der Waals surface area contributed by atoms with Crippen LogP contribution in [0.3, 0.4) is 0 Å². The van der Waals surface area contributed by atoms with E-state index >= 15 is 0 Å². The zero-order valence-corrected chi connectivity index (χ0v) is 19.7. The second-order valence-electron chi connectivity index (χ2n) is 8.15. The lowest BCUT2D eigenvalue weighted by Crippen LogP contribution is -2.30. The van der Waals surface area contributed by atoms with E-state index in [2.05, 4.69) is 6.58 Å². The molecule has 0 bridgehead atoms. The molecule has 6 heteroatoms. The first-order valence-electron chi connectivity index (χ1n) is 11.1. The van der Waals surface area contributed by atoms with Crippen LogP contribution in [0.1, 0.15) is 48.1 Å². The lowest BCUT2D eigenvalue weighted by Gasteiger charge is -2.25. The zero-order chi connectivity index (χ0) is 24.1. The van der Waals surface area contributed by atoms with Crippen molar-refractivity contribution in [3.63, 3.8) is 0 Å². The Balaban J connectivity index is 2.19. The lowest BCUT2D eigenvalue weighted by molar-refractivity contribution is -0.139. The van der Waals surface area contributed by atoms with Crippen LogP contribution in [-0.4, -0.2) is 42.0 Å². The van der Waals surface area contributed by atoms with E-state index in [1.165, 1.54) is 0 Å². The number of benzene rings is 2. The highest BCUT2D eigenvalue weighted by molar-refractivity contribution is 6.46. The summed E-state index contributed by atoms with van der Waals surface area (Å²) >= 11 is 0. The molecule has 1 atom stereocenters. The number of hydrogen-bond acceptors (Lipinski definition) is 5. The van der Waals surface area contributed by atoms with Gasteiger partial charge in [0.05, 0.1) is 18.7 Å². The smallest absolute Gasteiger partial charge is 0.295 e. The number of aliphatic hydroxyl groups excluding tert-OH is 1. The fraction of sp³-hybridized carbons (Fsp3) is 0.333. The molecule has 174 valence electrons. The van der Waals surface area contributed by atoms with Crippen LogP contribution >= 0.6 is 0 Å². The Labute approximate surface area is 195 Å². The molecule has 0 radical (unpaired) electrons. The molecule has 1 unspecified atom stereocenters. The van der Waals surface area contributed by atoms with Gasteiger partial charge in [-0.05, 0) is 61.2 Å². The topological polar surface area (TPSA) is 76.1 Å². The number of nitrogens with zero attached hydrogens (tertiary/aromatic N) is 1. The maximum Gasteiger partial charge on any atom is 0.295 e. The van der Waals surface area contributed by atoms with Crippen molar-refractivity contribution in [2.45, 2.75) is 39.7 Å². The average molecular weight is 450 g/mol. The standard InChI is InChI=1S/C27H31NO5/c1-6-8-12-28-24(19-10-9-11-20(16-19)33-13-7-2)23(26(30)27(28)31)25(29)21-14-18(4)22(32-5)15-17(21)3/h7,9-11,14-16,24,29H,2,6,8,12-13H2,1,3-5H3/b25-23+. The van der Waals surface area contributed by atoms with Crippen molar-refractivity contribution in [2.75, 3.05) is 20.3 Å². The van der Waals surface area contributed by atoms with Gasteiger partial charge < -0.3 is 19.5 Å². The third-order valence-electron chi connectivity index (χ3n) is 5.83. The highest BCUT2D eigenvalue weighted by Crippen LogP contribution is 2.41. The van der Waals surface area contributed by atoms with E-state index in [1.807, 2.05) is 45.0 Å². The molecule has 1 amide bonds. The van der Waals surface area contributed by atoms with Crippen molar-refractivity contribution in [1.82, 2.24) is 4.90 Å². The number of ketones is 1. The molecule has 1 aliphatic heterocycles. The monoisotopic (exact) mass is 449 g/mol. The fourth-order valence-corrected chi connectivity index (χ4v) is 4.13. The maximum atomic E-state index is 13.2. The van der Waals surface area contributed by atoms with Gasteiger partial charge >= 0.3 is 0 Å². The van der Waals surface area contributed by atoms with E-state index in [1.54, 1.807) is 30.2 Å². The number of Topliss-reactive ketones (excluding diaryl/α,β-unsaturated/α-hetero) is 1. The van der Waals surface area contributed by atoms with Crippen LogP contribution < -0.4 is 9.47 Å². The van der Waals surface area contributed by atoms with Gasteiger partial charge in [0.1, 0.15) is 23.9 Å². The van der Waals surface area contributed by atoms with Crippen LogP contribution in [0, 0.1) is 13.8 Å². The molecule has 0 aromatic heterocycles.